The molecule has 2 N–H and O–H groups in total. The van der Waals surface area contributed by atoms with E-state index in [1.165, 1.54) is 38.0 Å². The normalized spacial score (nSPS) is 32.6. The first-order valence-corrected chi connectivity index (χ1v) is 7.92. The summed E-state index contributed by atoms with van der Waals surface area (Å²) in [4.78, 5) is 5.23. The highest BCUT2D eigenvalue weighted by Gasteiger charge is 2.35. The van der Waals surface area contributed by atoms with E-state index in [1.54, 1.807) is 0 Å². The minimum absolute atomic E-state index is 0.0295. The summed E-state index contributed by atoms with van der Waals surface area (Å²) in [6.07, 6.45) is 3.79. The van der Waals surface area contributed by atoms with E-state index in [0.29, 0.717) is 6.04 Å². The number of benzene rings is 1. The molecule has 3 nitrogen and oxygen atoms in total. The second-order valence-electron chi connectivity index (χ2n) is 6.89. The van der Waals surface area contributed by atoms with Crippen LogP contribution in [0.25, 0.3) is 0 Å². The minimum atomic E-state index is 0.0295. The van der Waals surface area contributed by atoms with E-state index in [1.807, 2.05) is 0 Å². The highest BCUT2D eigenvalue weighted by Crippen LogP contribution is 2.25. The maximum atomic E-state index is 6.28. The molecule has 0 bridgehead atoms. The van der Waals surface area contributed by atoms with Crippen LogP contribution in [-0.2, 0) is 6.54 Å². The van der Waals surface area contributed by atoms with Crippen molar-refractivity contribution in [3.05, 3.63) is 35.9 Å². The molecule has 3 rings (SSSR count). The third-order valence-electron chi connectivity index (χ3n) is 4.78. The maximum Gasteiger partial charge on any atom is 0.0267 e. The first-order valence-electron chi connectivity index (χ1n) is 7.92. The van der Waals surface area contributed by atoms with Gasteiger partial charge < -0.3 is 5.73 Å². The van der Waals surface area contributed by atoms with Crippen molar-refractivity contribution in [1.82, 2.24) is 9.80 Å². The summed E-state index contributed by atoms with van der Waals surface area (Å²) < 4.78 is 0. The Hall–Kier alpha value is -0.900. The van der Waals surface area contributed by atoms with Crippen molar-refractivity contribution in [2.45, 2.75) is 44.3 Å². The van der Waals surface area contributed by atoms with Crippen LogP contribution in [0.1, 0.15) is 31.7 Å². The molecule has 1 aromatic rings. The Morgan fingerprint density at radius 2 is 2.05 bits per heavy atom. The zero-order chi connectivity index (χ0) is 14.0. The number of rotatable bonds is 3. The molecule has 3 heteroatoms. The Morgan fingerprint density at radius 3 is 2.75 bits per heavy atom. The Balaban J connectivity index is 1.57. The van der Waals surface area contributed by atoms with E-state index in [4.69, 9.17) is 5.73 Å². The topological polar surface area (TPSA) is 32.5 Å². The van der Waals surface area contributed by atoms with Crippen LogP contribution < -0.4 is 5.73 Å². The molecule has 0 aliphatic carbocycles. The SMILES string of the molecule is CC1(N)CCN(C2CCCN(Cc3ccccc3)C2)C1. The average molecular weight is 273 g/mol. The smallest absolute Gasteiger partial charge is 0.0267 e. The van der Waals surface area contributed by atoms with Gasteiger partial charge in [-0.15, -0.1) is 0 Å². The fourth-order valence-corrected chi connectivity index (χ4v) is 3.65. The van der Waals surface area contributed by atoms with E-state index in [2.05, 4.69) is 47.1 Å². The van der Waals surface area contributed by atoms with E-state index in [0.717, 1.165) is 19.5 Å². The van der Waals surface area contributed by atoms with E-state index in [-0.39, 0.29) is 5.54 Å². The molecule has 2 aliphatic rings. The van der Waals surface area contributed by atoms with Crippen LogP contribution in [-0.4, -0.2) is 47.6 Å². The Kier molecular flexibility index (Phi) is 4.11. The van der Waals surface area contributed by atoms with Crippen LogP contribution in [0.15, 0.2) is 30.3 Å². The van der Waals surface area contributed by atoms with Gasteiger partial charge in [0.1, 0.15) is 0 Å². The lowest BCUT2D eigenvalue weighted by Gasteiger charge is -2.38. The van der Waals surface area contributed by atoms with Crippen molar-refractivity contribution in [2.24, 2.45) is 5.73 Å². The van der Waals surface area contributed by atoms with Gasteiger partial charge in [-0.2, -0.15) is 0 Å². The van der Waals surface area contributed by atoms with Crippen molar-refractivity contribution in [1.29, 1.82) is 0 Å². The molecule has 2 aliphatic heterocycles. The van der Waals surface area contributed by atoms with Crippen LogP contribution in [0.2, 0.25) is 0 Å². The van der Waals surface area contributed by atoms with Crippen molar-refractivity contribution in [3.8, 4) is 0 Å². The van der Waals surface area contributed by atoms with Gasteiger partial charge in [-0.25, -0.2) is 0 Å². The van der Waals surface area contributed by atoms with Crippen LogP contribution in [0, 0.1) is 0 Å². The Morgan fingerprint density at radius 1 is 1.25 bits per heavy atom. The lowest BCUT2D eigenvalue weighted by atomic mass is 10.0. The van der Waals surface area contributed by atoms with Crippen molar-refractivity contribution in [3.63, 3.8) is 0 Å². The van der Waals surface area contributed by atoms with Gasteiger partial charge in [0, 0.05) is 37.8 Å². The number of nitrogens with two attached hydrogens (primary N) is 1. The number of hydrogen-bond donors (Lipinski definition) is 1. The summed E-state index contributed by atoms with van der Waals surface area (Å²) in [5.41, 5.74) is 7.74. The summed E-state index contributed by atoms with van der Waals surface area (Å²) in [7, 11) is 0. The molecule has 2 fully saturated rings. The van der Waals surface area contributed by atoms with Crippen molar-refractivity contribution in [2.75, 3.05) is 26.2 Å². The van der Waals surface area contributed by atoms with Crippen molar-refractivity contribution >= 4 is 0 Å². The standard InChI is InChI=1S/C17H27N3/c1-17(18)9-11-20(14-17)16-8-5-10-19(13-16)12-15-6-3-2-4-7-15/h2-4,6-7,16H,5,8-14,18H2,1H3. The second-order valence-corrected chi connectivity index (χ2v) is 6.89. The van der Waals surface area contributed by atoms with Crippen molar-refractivity contribution < 1.29 is 0 Å². The van der Waals surface area contributed by atoms with Gasteiger partial charge in [0.25, 0.3) is 0 Å². The molecular formula is C17H27N3. The lowest BCUT2D eigenvalue weighted by Crippen LogP contribution is -2.49. The molecule has 0 spiro atoms. The highest BCUT2D eigenvalue weighted by atomic mass is 15.3. The molecule has 2 heterocycles. The van der Waals surface area contributed by atoms with Crippen LogP contribution in [0.3, 0.4) is 0 Å². The summed E-state index contributed by atoms with van der Waals surface area (Å²) in [5.74, 6) is 0. The minimum Gasteiger partial charge on any atom is -0.324 e. The summed E-state index contributed by atoms with van der Waals surface area (Å²) in [5, 5.41) is 0. The zero-order valence-corrected chi connectivity index (χ0v) is 12.6. The molecule has 0 radical (unpaired) electrons. The molecule has 2 atom stereocenters. The van der Waals surface area contributed by atoms with E-state index < -0.39 is 0 Å². The van der Waals surface area contributed by atoms with E-state index in [9.17, 15) is 0 Å². The summed E-state index contributed by atoms with van der Waals surface area (Å²) >= 11 is 0. The number of hydrogen-bond acceptors (Lipinski definition) is 3. The molecule has 2 saturated heterocycles. The summed E-state index contributed by atoms with van der Waals surface area (Å²) in [6, 6.07) is 11.5. The van der Waals surface area contributed by atoms with Gasteiger partial charge in [0.2, 0.25) is 0 Å². The van der Waals surface area contributed by atoms with Gasteiger partial charge in [-0.05, 0) is 38.3 Å². The third-order valence-corrected chi connectivity index (χ3v) is 4.78. The largest absolute Gasteiger partial charge is 0.324 e. The first-order chi connectivity index (χ1) is 9.62. The Labute approximate surface area is 122 Å². The average Bonchev–Trinajstić information content (AvgIpc) is 2.81. The van der Waals surface area contributed by atoms with E-state index >= 15 is 0 Å². The van der Waals surface area contributed by atoms with Gasteiger partial charge in [0.15, 0.2) is 0 Å². The monoisotopic (exact) mass is 273 g/mol. The molecular weight excluding hydrogens is 246 g/mol. The quantitative estimate of drug-likeness (QED) is 0.915. The Bertz CT molecular complexity index is 429. The van der Waals surface area contributed by atoms with Gasteiger partial charge in [-0.3, -0.25) is 9.80 Å². The van der Waals surface area contributed by atoms with Gasteiger partial charge >= 0.3 is 0 Å². The molecule has 20 heavy (non-hydrogen) atoms. The number of piperidine rings is 1. The molecule has 0 saturated carbocycles. The second kappa shape index (κ2) is 5.84. The fourth-order valence-electron chi connectivity index (χ4n) is 3.65. The number of likely N-dealkylation sites (tertiary alicyclic amines) is 2. The molecule has 2 unspecified atom stereocenters. The number of nitrogens with zero attached hydrogens (tertiary/aromatic N) is 2. The van der Waals surface area contributed by atoms with Gasteiger partial charge in [-0.1, -0.05) is 30.3 Å². The maximum absolute atomic E-state index is 6.28. The first kappa shape index (κ1) is 14.1. The lowest BCUT2D eigenvalue weighted by molar-refractivity contribution is 0.107. The summed E-state index contributed by atoms with van der Waals surface area (Å²) in [6.45, 7) is 7.96. The zero-order valence-electron chi connectivity index (χ0n) is 12.6. The fraction of sp³-hybridized carbons (Fsp3) is 0.647. The predicted octanol–water partition coefficient (Wildman–Crippen LogP) is 2.07. The van der Waals surface area contributed by atoms with Crippen LogP contribution in [0.5, 0.6) is 0 Å². The predicted molar refractivity (Wildman–Crippen MR) is 83.5 cm³/mol. The third kappa shape index (κ3) is 3.40. The molecule has 1 aromatic carbocycles. The van der Waals surface area contributed by atoms with Crippen LogP contribution >= 0.6 is 0 Å². The molecule has 0 aromatic heterocycles. The van der Waals surface area contributed by atoms with Crippen LogP contribution in [0.4, 0.5) is 0 Å². The highest BCUT2D eigenvalue weighted by molar-refractivity contribution is 5.14. The van der Waals surface area contributed by atoms with Gasteiger partial charge in [0.05, 0.1) is 0 Å². The molecule has 0 amide bonds. The molecule has 110 valence electrons.